The standard InChI is InChI=1S/C14H18ClFN2O2/c1-4-9(2)17-14(20)8-18(10(3)19)11-5-6-13(16)12(15)7-11/h5-7,9H,4,8H2,1-3H3,(H,17,20). The van der Waals surface area contributed by atoms with E-state index in [4.69, 9.17) is 11.6 Å². The zero-order valence-electron chi connectivity index (χ0n) is 11.7. The van der Waals surface area contributed by atoms with Gasteiger partial charge in [-0.05, 0) is 31.5 Å². The average molecular weight is 301 g/mol. The summed E-state index contributed by atoms with van der Waals surface area (Å²) in [5.41, 5.74) is 0.392. The van der Waals surface area contributed by atoms with Gasteiger partial charge < -0.3 is 10.2 Å². The number of hydrogen-bond donors (Lipinski definition) is 1. The summed E-state index contributed by atoms with van der Waals surface area (Å²) in [5, 5.41) is 2.68. The van der Waals surface area contributed by atoms with Gasteiger partial charge in [0, 0.05) is 18.7 Å². The van der Waals surface area contributed by atoms with E-state index in [1.807, 2.05) is 13.8 Å². The molecule has 0 aliphatic carbocycles. The molecular formula is C14H18ClFN2O2. The van der Waals surface area contributed by atoms with Crippen LogP contribution in [0.25, 0.3) is 0 Å². The van der Waals surface area contributed by atoms with Crippen LogP contribution < -0.4 is 10.2 Å². The SMILES string of the molecule is CCC(C)NC(=O)CN(C(C)=O)c1ccc(F)c(Cl)c1. The molecule has 2 amide bonds. The summed E-state index contributed by atoms with van der Waals surface area (Å²) in [6.07, 6.45) is 0.800. The van der Waals surface area contributed by atoms with Crippen LogP contribution in [0.15, 0.2) is 18.2 Å². The lowest BCUT2D eigenvalue weighted by Gasteiger charge is -2.22. The number of hydrogen-bond acceptors (Lipinski definition) is 2. The van der Waals surface area contributed by atoms with E-state index in [2.05, 4.69) is 5.32 Å². The maximum atomic E-state index is 13.1. The Balaban J connectivity index is 2.86. The van der Waals surface area contributed by atoms with Crippen LogP contribution in [0.3, 0.4) is 0 Å². The van der Waals surface area contributed by atoms with Crippen molar-refractivity contribution >= 4 is 29.1 Å². The number of rotatable bonds is 5. The van der Waals surface area contributed by atoms with Crippen LogP contribution in [0.1, 0.15) is 27.2 Å². The molecular weight excluding hydrogens is 283 g/mol. The van der Waals surface area contributed by atoms with Gasteiger partial charge in [-0.25, -0.2) is 4.39 Å². The molecule has 1 atom stereocenters. The minimum Gasteiger partial charge on any atom is -0.352 e. The molecule has 1 aromatic carbocycles. The second-order valence-electron chi connectivity index (χ2n) is 4.58. The third-order valence-corrected chi connectivity index (χ3v) is 3.21. The topological polar surface area (TPSA) is 49.4 Å². The number of amides is 2. The van der Waals surface area contributed by atoms with Crippen LogP contribution in [-0.2, 0) is 9.59 Å². The monoisotopic (exact) mass is 300 g/mol. The van der Waals surface area contributed by atoms with Gasteiger partial charge in [0.2, 0.25) is 11.8 Å². The summed E-state index contributed by atoms with van der Waals surface area (Å²) in [7, 11) is 0. The molecule has 0 fully saturated rings. The first kappa shape index (κ1) is 16.4. The highest BCUT2D eigenvalue weighted by Gasteiger charge is 2.17. The third kappa shape index (κ3) is 4.49. The van der Waals surface area contributed by atoms with Crippen molar-refractivity contribution in [3.63, 3.8) is 0 Å². The van der Waals surface area contributed by atoms with Crippen molar-refractivity contribution in [1.82, 2.24) is 5.32 Å². The van der Waals surface area contributed by atoms with Gasteiger partial charge in [-0.15, -0.1) is 0 Å². The molecule has 0 spiro atoms. The molecule has 0 aromatic heterocycles. The van der Waals surface area contributed by atoms with Crippen molar-refractivity contribution < 1.29 is 14.0 Å². The van der Waals surface area contributed by atoms with E-state index >= 15 is 0 Å². The Labute approximate surface area is 122 Å². The van der Waals surface area contributed by atoms with Gasteiger partial charge in [0.15, 0.2) is 0 Å². The van der Waals surface area contributed by atoms with E-state index in [1.165, 1.54) is 30.0 Å². The van der Waals surface area contributed by atoms with Crippen molar-refractivity contribution in [3.05, 3.63) is 29.0 Å². The maximum absolute atomic E-state index is 13.1. The fraction of sp³-hybridized carbons (Fsp3) is 0.429. The Morgan fingerprint density at radius 3 is 2.60 bits per heavy atom. The first-order valence-corrected chi connectivity index (χ1v) is 6.75. The maximum Gasteiger partial charge on any atom is 0.240 e. The Morgan fingerprint density at radius 1 is 1.45 bits per heavy atom. The van der Waals surface area contributed by atoms with Crippen LogP contribution in [0.4, 0.5) is 10.1 Å². The summed E-state index contributed by atoms with van der Waals surface area (Å²) in [6, 6.07) is 3.95. The third-order valence-electron chi connectivity index (χ3n) is 2.92. The highest BCUT2D eigenvalue weighted by atomic mass is 35.5. The molecule has 0 saturated carbocycles. The second kappa shape index (κ2) is 7.24. The van der Waals surface area contributed by atoms with Crippen LogP contribution in [0.5, 0.6) is 0 Å². The quantitative estimate of drug-likeness (QED) is 0.909. The zero-order chi connectivity index (χ0) is 15.3. The van der Waals surface area contributed by atoms with Gasteiger partial charge in [0.05, 0.1) is 5.02 Å². The Morgan fingerprint density at radius 2 is 2.10 bits per heavy atom. The van der Waals surface area contributed by atoms with Crippen LogP contribution in [0.2, 0.25) is 5.02 Å². The summed E-state index contributed by atoms with van der Waals surface area (Å²) in [4.78, 5) is 24.7. The number of carbonyl (C=O) groups excluding carboxylic acids is 2. The van der Waals surface area contributed by atoms with Crippen molar-refractivity contribution in [2.24, 2.45) is 0 Å². The lowest BCUT2D eigenvalue weighted by molar-refractivity contribution is -0.123. The molecule has 1 aromatic rings. The predicted molar refractivity (Wildman–Crippen MR) is 77.3 cm³/mol. The summed E-state index contributed by atoms with van der Waals surface area (Å²) in [6.45, 7) is 5.05. The van der Waals surface area contributed by atoms with Crippen LogP contribution in [-0.4, -0.2) is 24.4 Å². The lowest BCUT2D eigenvalue weighted by Crippen LogP contribution is -2.42. The normalized spacial score (nSPS) is 11.8. The van der Waals surface area contributed by atoms with Crippen molar-refractivity contribution in [2.45, 2.75) is 33.2 Å². The molecule has 0 saturated heterocycles. The van der Waals surface area contributed by atoms with E-state index in [9.17, 15) is 14.0 Å². The Hall–Kier alpha value is -1.62. The molecule has 1 N–H and O–H groups in total. The van der Waals surface area contributed by atoms with Crippen LogP contribution in [0, 0.1) is 5.82 Å². The second-order valence-corrected chi connectivity index (χ2v) is 4.99. The molecule has 0 aliphatic rings. The molecule has 4 nitrogen and oxygen atoms in total. The molecule has 0 aliphatic heterocycles. The van der Waals surface area contributed by atoms with Gasteiger partial charge in [-0.2, -0.15) is 0 Å². The van der Waals surface area contributed by atoms with Crippen molar-refractivity contribution in [1.29, 1.82) is 0 Å². The van der Waals surface area contributed by atoms with E-state index in [1.54, 1.807) is 0 Å². The summed E-state index contributed by atoms with van der Waals surface area (Å²) >= 11 is 5.69. The van der Waals surface area contributed by atoms with Gasteiger partial charge >= 0.3 is 0 Å². The number of benzene rings is 1. The molecule has 0 radical (unpaired) electrons. The van der Waals surface area contributed by atoms with Crippen LogP contribution >= 0.6 is 11.6 Å². The summed E-state index contributed by atoms with van der Waals surface area (Å²) in [5.74, 6) is -1.15. The largest absolute Gasteiger partial charge is 0.352 e. The number of nitrogens with one attached hydrogen (secondary N) is 1. The average Bonchev–Trinajstić information content (AvgIpc) is 2.38. The molecule has 1 unspecified atom stereocenters. The summed E-state index contributed by atoms with van der Waals surface area (Å²) < 4.78 is 13.1. The van der Waals surface area contributed by atoms with Gasteiger partial charge in [0.1, 0.15) is 12.4 Å². The molecule has 0 heterocycles. The fourth-order valence-corrected chi connectivity index (χ4v) is 1.78. The van der Waals surface area contributed by atoms with E-state index in [0.29, 0.717) is 5.69 Å². The van der Waals surface area contributed by atoms with E-state index < -0.39 is 5.82 Å². The number of halogens is 2. The zero-order valence-corrected chi connectivity index (χ0v) is 12.5. The molecule has 110 valence electrons. The van der Waals surface area contributed by atoms with E-state index in [0.717, 1.165) is 6.42 Å². The van der Waals surface area contributed by atoms with Crippen molar-refractivity contribution in [3.8, 4) is 0 Å². The molecule has 1 rings (SSSR count). The minimum absolute atomic E-state index is 0.0353. The van der Waals surface area contributed by atoms with Gasteiger partial charge in [0.25, 0.3) is 0 Å². The molecule has 20 heavy (non-hydrogen) atoms. The first-order chi connectivity index (χ1) is 9.35. The number of anilines is 1. The fourth-order valence-electron chi connectivity index (χ4n) is 1.60. The van der Waals surface area contributed by atoms with Gasteiger partial charge in [-0.3, -0.25) is 9.59 Å². The smallest absolute Gasteiger partial charge is 0.240 e. The molecule has 0 bridgehead atoms. The Kier molecular flexibility index (Phi) is 5.95. The molecule has 6 heteroatoms. The predicted octanol–water partition coefficient (Wildman–Crippen LogP) is 2.75. The van der Waals surface area contributed by atoms with E-state index in [-0.39, 0.29) is 29.4 Å². The first-order valence-electron chi connectivity index (χ1n) is 6.37. The minimum atomic E-state index is -0.567. The lowest BCUT2D eigenvalue weighted by atomic mass is 10.2. The van der Waals surface area contributed by atoms with Crippen molar-refractivity contribution in [2.75, 3.05) is 11.4 Å². The van der Waals surface area contributed by atoms with Gasteiger partial charge in [-0.1, -0.05) is 18.5 Å². The highest BCUT2D eigenvalue weighted by molar-refractivity contribution is 6.31. The number of nitrogens with zero attached hydrogens (tertiary/aromatic N) is 1. The number of carbonyl (C=O) groups is 2. The Bertz CT molecular complexity index is 508. The highest BCUT2D eigenvalue weighted by Crippen LogP contribution is 2.22.